The molecule has 11 nitrogen and oxygen atoms in total. The Morgan fingerprint density at radius 1 is 0.976 bits per heavy atom. The number of aliphatic imine (C=N–C) groups is 1. The summed E-state index contributed by atoms with van der Waals surface area (Å²) in [6.45, 7) is 7.76. The van der Waals surface area contributed by atoms with Gasteiger partial charge in [-0.2, -0.15) is 0 Å². The van der Waals surface area contributed by atoms with Crippen molar-refractivity contribution in [2.24, 2.45) is 28.2 Å². The van der Waals surface area contributed by atoms with Crippen LogP contribution in [0.1, 0.15) is 52.4 Å². The maximum absolute atomic E-state index is 12.9. The van der Waals surface area contributed by atoms with Gasteiger partial charge >= 0.3 is 0 Å². The second-order valence-corrected chi connectivity index (χ2v) is 14.1. The van der Waals surface area contributed by atoms with Crippen LogP contribution in [0.2, 0.25) is 0 Å². The fourth-order valence-electron chi connectivity index (χ4n) is 8.09. The van der Waals surface area contributed by atoms with Crippen molar-refractivity contribution < 1.29 is 38.3 Å². The first-order chi connectivity index (χ1) is 19.8. The van der Waals surface area contributed by atoms with Gasteiger partial charge in [0.1, 0.15) is 18.3 Å². The fourth-order valence-corrected chi connectivity index (χ4v) is 9.12. The molecule has 0 aromatic heterocycles. The lowest BCUT2D eigenvalue weighted by Crippen LogP contribution is -2.53. The molecule has 3 aliphatic heterocycles. The van der Waals surface area contributed by atoms with E-state index >= 15 is 0 Å². The number of amides is 1. The fraction of sp³-hybridized carbons (Fsp3) is 0.931. The minimum absolute atomic E-state index is 0.0516. The number of fused-ring (bicyclic) bond motifs is 1. The molecule has 0 spiro atoms. The minimum Gasteiger partial charge on any atom is -0.387 e. The van der Waals surface area contributed by atoms with Crippen molar-refractivity contribution in [2.75, 3.05) is 58.5 Å². The van der Waals surface area contributed by atoms with Crippen LogP contribution in [-0.2, 0) is 33.2 Å². The first-order valence-electron chi connectivity index (χ1n) is 15.4. The molecule has 4 aliphatic carbocycles. The molecule has 0 unspecified atom stereocenters. The van der Waals surface area contributed by atoms with E-state index in [9.17, 15) is 9.90 Å². The standard InChI is InChI=1S/C29H47N3O8S/c1-28(2)39-24-22(33)23(38-25(24)40-28)21-17-41-27(32-21)31-4-6-36-8-10-37-9-7-35-5-3-30-26(34)29-14-18-11-19(15-29)13-20(12-18)16-29/h18-25,33H,3-17H2,1-2H3,(H,30,34)(H,31,32)/t18?,19?,20?,21-,22+,23-,24-,25-,29?/m1/s1. The highest BCUT2D eigenvalue weighted by Gasteiger charge is 2.57. The molecule has 232 valence electrons. The Morgan fingerprint density at radius 3 is 2.27 bits per heavy atom. The van der Waals surface area contributed by atoms with Crippen LogP contribution in [-0.4, -0.2) is 111 Å². The maximum atomic E-state index is 12.9. The quantitative estimate of drug-likeness (QED) is 0.254. The Kier molecular flexibility index (Phi) is 9.48. The van der Waals surface area contributed by atoms with Gasteiger partial charge in [-0.1, -0.05) is 11.8 Å². The number of nitrogens with zero attached hydrogens (tertiary/aromatic N) is 1. The van der Waals surface area contributed by atoms with Crippen molar-refractivity contribution in [3.63, 3.8) is 0 Å². The Labute approximate surface area is 247 Å². The van der Waals surface area contributed by atoms with Crippen LogP contribution in [0.5, 0.6) is 0 Å². The third kappa shape index (κ3) is 7.06. The maximum Gasteiger partial charge on any atom is 0.226 e. The summed E-state index contributed by atoms with van der Waals surface area (Å²) in [6, 6.07) is -0.0516. The molecule has 3 N–H and O–H groups in total. The van der Waals surface area contributed by atoms with Gasteiger partial charge in [0.05, 0.1) is 52.2 Å². The van der Waals surface area contributed by atoms with Crippen LogP contribution in [0.25, 0.3) is 0 Å². The highest BCUT2D eigenvalue weighted by atomic mass is 32.2. The summed E-state index contributed by atoms with van der Waals surface area (Å²) >= 11 is 1.61. The number of thioether (sulfide) groups is 1. The number of hydrogen-bond acceptors (Lipinski definition) is 10. The molecule has 3 heterocycles. The predicted molar refractivity (Wildman–Crippen MR) is 152 cm³/mol. The van der Waals surface area contributed by atoms with Gasteiger partial charge in [-0.05, 0) is 70.1 Å². The lowest BCUT2D eigenvalue weighted by molar-refractivity contribution is -0.216. The molecule has 5 atom stereocenters. The number of hydrogen-bond donors (Lipinski definition) is 3. The molecule has 4 bridgehead atoms. The smallest absolute Gasteiger partial charge is 0.226 e. The molecule has 0 radical (unpaired) electrons. The van der Waals surface area contributed by atoms with Gasteiger partial charge in [0, 0.05) is 17.7 Å². The molecular weight excluding hydrogens is 550 g/mol. The number of aliphatic hydroxyl groups excluding tert-OH is 1. The van der Waals surface area contributed by atoms with Crippen molar-refractivity contribution >= 4 is 22.8 Å². The Hall–Kier alpha value is -0.990. The topological polar surface area (TPSA) is 129 Å². The SMILES string of the molecule is CC1(C)O[C@H]2O[C@H]([C@H]3CSC(=NCCOCCOCCOCCNC(=O)C45CC6CC(CC(C6)C4)C5)N3)[C@H](O)[C@H]2O1. The highest BCUT2D eigenvalue weighted by molar-refractivity contribution is 8.14. The number of carbonyl (C=O) groups is 1. The van der Waals surface area contributed by atoms with E-state index in [-0.39, 0.29) is 17.4 Å². The average molecular weight is 598 g/mol. The summed E-state index contributed by atoms with van der Waals surface area (Å²) in [5.41, 5.74) is -0.0878. The summed E-state index contributed by atoms with van der Waals surface area (Å²) in [4.78, 5) is 17.5. The van der Waals surface area contributed by atoms with Gasteiger partial charge < -0.3 is 44.2 Å². The lowest BCUT2D eigenvalue weighted by atomic mass is 9.49. The molecule has 7 fully saturated rings. The second-order valence-electron chi connectivity index (χ2n) is 13.1. The molecule has 12 heteroatoms. The highest BCUT2D eigenvalue weighted by Crippen LogP contribution is 2.60. The van der Waals surface area contributed by atoms with E-state index < -0.39 is 30.4 Å². The zero-order valence-electron chi connectivity index (χ0n) is 24.4. The van der Waals surface area contributed by atoms with Crippen molar-refractivity contribution in [1.29, 1.82) is 0 Å². The van der Waals surface area contributed by atoms with Crippen LogP contribution in [0.4, 0.5) is 0 Å². The number of rotatable bonds is 14. The van der Waals surface area contributed by atoms with Gasteiger partial charge in [-0.15, -0.1) is 0 Å². The molecule has 3 saturated heterocycles. The Morgan fingerprint density at radius 2 is 1.61 bits per heavy atom. The van der Waals surface area contributed by atoms with E-state index in [1.54, 1.807) is 11.8 Å². The van der Waals surface area contributed by atoms with Crippen molar-refractivity contribution in [3.8, 4) is 0 Å². The van der Waals surface area contributed by atoms with Gasteiger partial charge in [0.25, 0.3) is 0 Å². The summed E-state index contributed by atoms with van der Waals surface area (Å²) in [6.07, 6.45) is 5.19. The van der Waals surface area contributed by atoms with Crippen LogP contribution in [0.3, 0.4) is 0 Å². The molecule has 4 saturated carbocycles. The molecule has 1 amide bonds. The second kappa shape index (κ2) is 12.9. The third-order valence-electron chi connectivity index (χ3n) is 9.44. The van der Waals surface area contributed by atoms with Gasteiger partial charge in [-0.3, -0.25) is 9.79 Å². The first kappa shape index (κ1) is 30.1. The Balaban J connectivity index is 0.750. The summed E-state index contributed by atoms with van der Waals surface area (Å²) in [5, 5.41) is 18.0. The third-order valence-corrected chi connectivity index (χ3v) is 10.5. The van der Waals surface area contributed by atoms with E-state index in [1.807, 2.05) is 13.8 Å². The molecule has 7 aliphatic rings. The van der Waals surface area contributed by atoms with Crippen molar-refractivity contribution in [2.45, 2.75) is 88.8 Å². The first-order valence-corrected chi connectivity index (χ1v) is 16.4. The molecular formula is C29H47N3O8S. The van der Waals surface area contributed by atoms with E-state index in [1.165, 1.54) is 19.3 Å². The number of amidine groups is 1. The zero-order valence-corrected chi connectivity index (χ0v) is 25.2. The Bertz CT molecular complexity index is 916. The van der Waals surface area contributed by atoms with Gasteiger partial charge in [-0.25, -0.2) is 0 Å². The number of carbonyl (C=O) groups excluding carboxylic acids is 1. The molecule has 41 heavy (non-hydrogen) atoms. The van der Waals surface area contributed by atoms with E-state index in [4.69, 9.17) is 28.4 Å². The van der Waals surface area contributed by atoms with E-state index in [2.05, 4.69) is 15.6 Å². The monoisotopic (exact) mass is 597 g/mol. The van der Waals surface area contributed by atoms with Crippen molar-refractivity contribution in [3.05, 3.63) is 0 Å². The van der Waals surface area contributed by atoms with E-state index in [0.717, 1.165) is 47.9 Å². The summed E-state index contributed by atoms with van der Waals surface area (Å²) in [5.74, 6) is 2.62. The lowest BCUT2D eigenvalue weighted by Gasteiger charge is -2.55. The predicted octanol–water partition coefficient (Wildman–Crippen LogP) is 1.67. The molecule has 7 rings (SSSR count). The summed E-state index contributed by atoms with van der Waals surface area (Å²) < 4.78 is 34.3. The number of ether oxygens (including phenoxy) is 6. The van der Waals surface area contributed by atoms with E-state index in [0.29, 0.717) is 52.7 Å². The van der Waals surface area contributed by atoms with Crippen LogP contribution in [0, 0.1) is 23.2 Å². The van der Waals surface area contributed by atoms with Crippen LogP contribution >= 0.6 is 11.8 Å². The number of aliphatic hydroxyl groups is 1. The molecule has 0 aromatic carbocycles. The largest absolute Gasteiger partial charge is 0.387 e. The zero-order chi connectivity index (χ0) is 28.5. The van der Waals surface area contributed by atoms with Crippen LogP contribution < -0.4 is 10.6 Å². The number of nitrogens with one attached hydrogen (secondary N) is 2. The van der Waals surface area contributed by atoms with Gasteiger partial charge in [0.15, 0.2) is 17.2 Å². The van der Waals surface area contributed by atoms with Gasteiger partial charge in [0.2, 0.25) is 5.91 Å². The van der Waals surface area contributed by atoms with Crippen LogP contribution in [0.15, 0.2) is 4.99 Å². The normalized spacial score (nSPS) is 41.2. The average Bonchev–Trinajstić information content (AvgIpc) is 3.59. The minimum atomic E-state index is -0.745. The summed E-state index contributed by atoms with van der Waals surface area (Å²) in [7, 11) is 0. The molecule has 0 aromatic rings. The van der Waals surface area contributed by atoms with Crippen molar-refractivity contribution in [1.82, 2.24) is 10.6 Å².